The highest BCUT2D eigenvalue weighted by Crippen LogP contribution is 2.09. The number of nitrogens with zero attached hydrogens (tertiary/aromatic N) is 1. The van der Waals surface area contributed by atoms with Gasteiger partial charge in [-0.2, -0.15) is 0 Å². The van der Waals surface area contributed by atoms with E-state index in [1.54, 1.807) is 6.20 Å². The second-order valence-corrected chi connectivity index (χ2v) is 4.14. The van der Waals surface area contributed by atoms with Gasteiger partial charge in [0.2, 0.25) is 5.91 Å². The Bertz CT molecular complexity index is 272. The monoisotopic (exact) mass is 213 g/mol. The minimum absolute atomic E-state index is 0.00750. The quantitative estimate of drug-likeness (QED) is 0.778. The lowest BCUT2D eigenvalue weighted by Crippen LogP contribution is -2.27. The van der Waals surface area contributed by atoms with Gasteiger partial charge in [0.1, 0.15) is 0 Å². The Kier molecular flexibility index (Phi) is 4.55. The Balaban J connectivity index is 2.17. The first-order valence-electron chi connectivity index (χ1n) is 4.61. The highest BCUT2D eigenvalue weighted by molar-refractivity contribution is 7.13. The van der Waals surface area contributed by atoms with E-state index in [1.807, 2.05) is 5.38 Å². The molecule has 1 aromatic rings. The normalized spacial score (nSPS) is 10.5. The van der Waals surface area contributed by atoms with Crippen LogP contribution in [-0.4, -0.2) is 23.5 Å². The fraction of sp³-hybridized carbons (Fsp3) is 0.556. The van der Waals surface area contributed by atoms with Crippen molar-refractivity contribution in [2.75, 3.05) is 11.9 Å². The molecular formula is C9H15N3OS. The first kappa shape index (κ1) is 11.1. The van der Waals surface area contributed by atoms with E-state index >= 15 is 0 Å². The molecule has 1 heterocycles. The zero-order chi connectivity index (χ0) is 10.4. The minimum atomic E-state index is 0.00750. The van der Waals surface area contributed by atoms with Gasteiger partial charge in [-0.25, -0.2) is 4.98 Å². The number of nitrogens with one attached hydrogen (secondary N) is 2. The van der Waals surface area contributed by atoms with Crippen LogP contribution in [0.5, 0.6) is 0 Å². The van der Waals surface area contributed by atoms with Crippen LogP contribution in [0.2, 0.25) is 0 Å². The Hall–Kier alpha value is -0.940. The molecule has 0 aliphatic carbocycles. The Morgan fingerprint density at radius 3 is 3.00 bits per heavy atom. The zero-order valence-electron chi connectivity index (χ0n) is 8.41. The van der Waals surface area contributed by atoms with Gasteiger partial charge in [-0.05, 0) is 0 Å². The second-order valence-electron chi connectivity index (χ2n) is 3.24. The number of hydrogen-bond donors (Lipinski definition) is 2. The van der Waals surface area contributed by atoms with Crippen LogP contribution in [0.1, 0.15) is 20.3 Å². The van der Waals surface area contributed by atoms with E-state index in [4.69, 9.17) is 0 Å². The van der Waals surface area contributed by atoms with Gasteiger partial charge in [0.15, 0.2) is 5.13 Å². The maximum atomic E-state index is 11.3. The van der Waals surface area contributed by atoms with E-state index in [9.17, 15) is 4.79 Å². The van der Waals surface area contributed by atoms with Gasteiger partial charge in [-0.3, -0.25) is 4.79 Å². The summed E-state index contributed by atoms with van der Waals surface area (Å²) in [7, 11) is 0. The van der Waals surface area contributed by atoms with Crippen molar-refractivity contribution in [2.24, 2.45) is 0 Å². The average molecular weight is 213 g/mol. The van der Waals surface area contributed by atoms with Crippen molar-refractivity contribution in [2.45, 2.75) is 26.3 Å². The number of rotatable bonds is 5. The smallest absolute Gasteiger partial charge is 0.227 e. The van der Waals surface area contributed by atoms with Gasteiger partial charge < -0.3 is 10.6 Å². The molecule has 14 heavy (non-hydrogen) atoms. The number of hydrogen-bond acceptors (Lipinski definition) is 4. The molecule has 0 fully saturated rings. The fourth-order valence-electron chi connectivity index (χ4n) is 0.941. The molecule has 1 rings (SSSR count). The van der Waals surface area contributed by atoms with E-state index in [-0.39, 0.29) is 5.91 Å². The summed E-state index contributed by atoms with van der Waals surface area (Å²) in [6.07, 6.45) is 2.16. The van der Waals surface area contributed by atoms with Gasteiger partial charge in [0.05, 0.1) is 0 Å². The lowest BCUT2D eigenvalue weighted by atomic mass is 10.3. The first-order valence-corrected chi connectivity index (χ1v) is 5.49. The van der Waals surface area contributed by atoms with E-state index in [0.29, 0.717) is 24.1 Å². The molecule has 1 amide bonds. The van der Waals surface area contributed by atoms with Crippen LogP contribution in [0.25, 0.3) is 0 Å². The van der Waals surface area contributed by atoms with Crippen LogP contribution in [0.3, 0.4) is 0 Å². The summed E-state index contributed by atoms with van der Waals surface area (Å²) in [4.78, 5) is 15.3. The average Bonchev–Trinajstić information content (AvgIpc) is 2.56. The zero-order valence-corrected chi connectivity index (χ0v) is 9.23. The molecule has 1 aromatic heterocycles. The molecule has 0 unspecified atom stereocenters. The molecule has 0 saturated carbocycles. The van der Waals surface area contributed by atoms with Gasteiger partial charge >= 0.3 is 0 Å². The third kappa shape index (κ3) is 4.34. The van der Waals surface area contributed by atoms with E-state index in [1.165, 1.54) is 11.3 Å². The summed E-state index contributed by atoms with van der Waals surface area (Å²) in [5.74, 6) is 0.00750. The van der Waals surface area contributed by atoms with Crippen LogP contribution in [0.15, 0.2) is 11.6 Å². The van der Waals surface area contributed by atoms with E-state index < -0.39 is 0 Å². The van der Waals surface area contributed by atoms with Crippen LogP contribution in [-0.2, 0) is 4.79 Å². The third-order valence-corrected chi connectivity index (χ3v) is 2.27. The molecule has 5 heteroatoms. The summed E-state index contributed by atoms with van der Waals surface area (Å²) in [6.45, 7) is 4.81. The highest BCUT2D eigenvalue weighted by Gasteiger charge is 2.03. The van der Waals surface area contributed by atoms with E-state index in [0.717, 1.165) is 0 Å². The molecule has 0 aliphatic rings. The van der Waals surface area contributed by atoms with Gasteiger partial charge in [-0.15, -0.1) is 11.3 Å². The van der Waals surface area contributed by atoms with Crippen molar-refractivity contribution in [3.63, 3.8) is 0 Å². The van der Waals surface area contributed by atoms with Crippen molar-refractivity contribution < 1.29 is 4.79 Å². The number of amides is 1. The molecule has 2 N–H and O–H groups in total. The predicted molar refractivity (Wildman–Crippen MR) is 58.5 cm³/mol. The first-order chi connectivity index (χ1) is 6.68. The molecule has 0 aliphatic heterocycles. The van der Waals surface area contributed by atoms with Crippen molar-refractivity contribution in [3.05, 3.63) is 11.6 Å². The SMILES string of the molecule is CC(C)NCCC(=O)Nc1nccs1. The van der Waals surface area contributed by atoms with Gasteiger partial charge in [0.25, 0.3) is 0 Å². The molecule has 0 saturated heterocycles. The van der Waals surface area contributed by atoms with Crippen LogP contribution < -0.4 is 10.6 Å². The molecular weight excluding hydrogens is 198 g/mol. The Labute approximate surface area is 87.7 Å². The summed E-state index contributed by atoms with van der Waals surface area (Å²) in [6, 6.07) is 0.419. The van der Waals surface area contributed by atoms with Gasteiger partial charge in [-0.1, -0.05) is 13.8 Å². The van der Waals surface area contributed by atoms with Gasteiger partial charge in [0, 0.05) is 30.6 Å². The highest BCUT2D eigenvalue weighted by atomic mass is 32.1. The number of anilines is 1. The molecule has 78 valence electrons. The van der Waals surface area contributed by atoms with Crippen LogP contribution in [0.4, 0.5) is 5.13 Å². The largest absolute Gasteiger partial charge is 0.314 e. The number of carbonyl (C=O) groups is 1. The molecule has 0 spiro atoms. The molecule has 0 atom stereocenters. The summed E-state index contributed by atoms with van der Waals surface area (Å²) >= 11 is 1.43. The maximum Gasteiger partial charge on any atom is 0.227 e. The van der Waals surface area contributed by atoms with E-state index in [2.05, 4.69) is 29.5 Å². The summed E-state index contributed by atoms with van der Waals surface area (Å²) in [5, 5.41) is 8.40. The molecule has 0 aromatic carbocycles. The number of thiazole rings is 1. The van der Waals surface area contributed by atoms with Crippen molar-refractivity contribution >= 4 is 22.4 Å². The minimum Gasteiger partial charge on any atom is -0.314 e. The molecule has 0 bridgehead atoms. The van der Waals surface area contributed by atoms with Crippen molar-refractivity contribution in [1.29, 1.82) is 0 Å². The summed E-state index contributed by atoms with van der Waals surface area (Å²) < 4.78 is 0. The lowest BCUT2D eigenvalue weighted by molar-refractivity contribution is -0.116. The second kappa shape index (κ2) is 5.72. The number of carbonyl (C=O) groups excluding carboxylic acids is 1. The van der Waals surface area contributed by atoms with Crippen molar-refractivity contribution in [3.8, 4) is 0 Å². The standard InChI is InChI=1S/C9H15N3OS/c1-7(2)10-4-3-8(13)12-9-11-5-6-14-9/h5-7,10H,3-4H2,1-2H3,(H,11,12,13). The summed E-state index contributed by atoms with van der Waals surface area (Å²) in [5.41, 5.74) is 0. The predicted octanol–water partition coefficient (Wildman–Crippen LogP) is 1.47. The number of aromatic nitrogens is 1. The Morgan fingerprint density at radius 1 is 1.64 bits per heavy atom. The maximum absolute atomic E-state index is 11.3. The Morgan fingerprint density at radius 2 is 2.43 bits per heavy atom. The van der Waals surface area contributed by atoms with Crippen LogP contribution >= 0.6 is 11.3 Å². The van der Waals surface area contributed by atoms with Crippen molar-refractivity contribution in [1.82, 2.24) is 10.3 Å². The lowest BCUT2D eigenvalue weighted by Gasteiger charge is -2.06. The third-order valence-electron chi connectivity index (χ3n) is 1.58. The fourth-order valence-corrected chi connectivity index (χ4v) is 1.49. The molecule has 0 radical (unpaired) electrons. The topological polar surface area (TPSA) is 54.0 Å². The van der Waals surface area contributed by atoms with Crippen LogP contribution in [0, 0.1) is 0 Å². The molecule has 4 nitrogen and oxygen atoms in total.